The maximum absolute atomic E-state index is 12.8. The number of nitrogens with zero attached hydrogens (tertiary/aromatic N) is 2. The van der Waals surface area contributed by atoms with Crippen LogP contribution < -0.4 is 4.72 Å². The fourth-order valence-corrected chi connectivity index (χ4v) is 4.22. The molecule has 0 radical (unpaired) electrons. The molecule has 0 unspecified atom stereocenters. The Morgan fingerprint density at radius 2 is 1.68 bits per heavy atom. The van der Waals surface area contributed by atoms with Gasteiger partial charge in [-0.3, -0.25) is 9.59 Å². The Bertz CT molecular complexity index is 650. The fraction of sp³-hybridized carbons (Fsp3) is 0.800. The van der Waals surface area contributed by atoms with Crippen LogP contribution in [0.4, 0.5) is 0 Å². The Kier molecular flexibility index (Phi) is 6.04. The van der Waals surface area contributed by atoms with Gasteiger partial charge in [-0.25, -0.2) is 17.9 Å². The molecule has 0 aromatic heterocycles. The zero-order valence-electron chi connectivity index (χ0n) is 14.5. The first-order valence-electron chi connectivity index (χ1n) is 8.51. The van der Waals surface area contributed by atoms with Crippen molar-refractivity contribution in [2.24, 2.45) is 0 Å². The number of likely N-dealkylation sites (tertiary alicyclic amines) is 2. The number of hydrogen-bond acceptors (Lipinski definition) is 5. The fourth-order valence-electron chi connectivity index (χ4n) is 3.42. The molecule has 0 aromatic rings. The summed E-state index contributed by atoms with van der Waals surface area (Å²) >= 11 is 0. The summed E-state index contributed by atoms with van der Waals surface area (Å²) in [7, 11) is -3.54. The molecule has 0 saturated carbocycles. The van der Waals surface area contributed by atoms with Crippen LogP contribution >= 0.6 is 0 Å². The van der Waals surface area contributed by atoms with Gasteiger partial charge in [0, 0.05) is 13.1 Å². The van der Waals surface area contributed by atoms with Gasteiger partial charge in [-0.2, -0.15) is 0 Å². The number of carboxylic acid groups (broad SMARTS) is 1. The number of carbonyl (C=O) groups excluding carboxylic acids is 2. The molecule has 0 bridgehead atoms. The molecule has 2 fully saturated rings. The van der Waals surface area contributed by atoms with Crippen molar-refractivity contribution in [1.29, 1.82) is 0 Å². The maximum atomic E-state index is 12.8. The summed E-state index contributed by atoms with van der Waals surface area (Å²) in [6, 6.07) is -2.53. The van der Waals surface area contributed by atoms with Crippen molar-refractivity contribution in [2.45, 2.75) is 57.7 Å². The lowest BCUT2D eigenvalue weighted by molar-refractivity contribution is -0.152. The number of carbonyl (C=O) groups is 3. The zero-order valence-corrected chi connectivity index (χ0v) is 15.3. The van der Waals surface area contributed by atoms with Gasteiger partial charge in [0.2, 0.25) is 21.8 Å². The number of amides is 2. The predicted octanol–water partition coefficient (Wildman–Crippen LogP) is -0.619. The van der Waals surface area contributed by atoms with Gasteiger partial charge in [0.1, 0.15) is 12.1 Å². The largest absolute Gasteiger partial charge is 0.480 e. The predicted molar refractivity (Wildman–Crippen MR) is 89.2 cm³/mol. The van der Waals surface area contributed by atoms with E-state index in [0.29, 0.717) is 38.8 Å². The molecule has 2 aliphatic rings. The first-order chi connectivity index (χ1) is 11.7. The lowest BCUT2D eigenvalue weighted by Crippen LogP contribution is -2.54. The van der Waals surface area contributed by atoms with E-state index < -0.39 is 40.0 Å². The molecule has 25 heavy (non-hydrogen) atoms. The Hall–Kier alpha value is -1.68. The molecule has 2 aliphatic heterocycles. The Morgan fingerprint density at radius 3 is 2.24 bits per heavy atom. The topological polar surface area (TPSA) is 124 Å². The second-order valence-electron chi connectivity index (χ2n) is 6.46. The monoisotopic (exact) mass is 375 g/mol. The van der Waals surface area contributed by atoms with Crippen molar-refractivity contribution < 1.29 is 27.9 Å². The van der Waals surface area contributed by atoms with Gasteiger partial charge in [-0.05, 0) is 39.5 Å². The summed E-state index contributed by atoms with van der Waals surface area (Å²) < 4.78 is 25.6. The van der Waals surface area contributed by atoms with Crippen molar-refractivity contribution in [2.75, 3.05) is 18.8 Å². The number of nitrogens with one attached hydrogen (secondary N) is 1. The number of carboxylic acids is 1. The van der Waals surface area contributed by atoms with Crippen molar-refractivity contribution in [3.63, 3.8) is 0 Å². The van der Waals surface area contributed by atoms with E-state index in [1.165, 1.54) is 23.6 Å². The third-order valence-corrected chi connectivity index (χ3v) is 6.22. The number of aliphatic carboxylic acids is 1. The summed E-state index contributed by atoms with van der Waals surface area (Å²) in [4.78, 5) is 39.4. The Morgan fingerprint density at radius 1 is 1.12 bits per heavy atom. The van der Waals surface area contributed by atoms with E-state index in [1.54, 1.807) is 0 Å². The minimum absolute atomic E-state index is 0.138. The van der Waals surface area contributed by atoms with Gasteiger partial charge in [-0.15, -0.1) is 0 Å². The standard InChI is InChI=1S/C15H25N3O6S/c1-3-25(23,24)16-10(2)13(19)17-8-4-6-11(17)14(20)18-9-5-7-12(18)15(21)22/h10-12,16H,3-9H2,1-2H3,(H,21,22)/t10-,11-,12-/m0/s1. The summed E-state index contributed by atoms with van der Waals surface area (Å²) in [6.07, 6.45) is 2.12. The minimum atomic E-state index is -3.54. The van der Waals surface area contributed by atoms with Gasteiger partial charge in [0.15, 0.2) is 0 Å². The Balaban J connectivity index is 2.10. The lowest BCUT2D eigenvalue weighted by atomic mass is 10.1. The Labute approximate surface area is 147 Å². The van der Waals surface area contributed by atoms with Gasteiger partial charge < -0.3 is 14.9 Å². The second-order valence-corrected chi connectivity index (χ2v) is 8.50. The van der Waals surface area contributed by atoms with Crippen LogP contribution in [0, 0.1) is 0 Å². The van der Waals surface area contributed by atoms with Crippen LogP contribution in [-0.4, -0.2) is 78.1 Å². The van der Waals surface area contributed by atoms with Gasteiger partial charge >= 0.3 is 5.97 Å². The average Bonchev–Trinajstić information content (AvgIpc) is 3.22. The van der Waals surface area contributed by atoms with Crippen LogP contribution in [0.2, 0.25) is 0 Å². The molecule has 142 valence electrons. The van der Waals surface area contributed by atoms with E-state index in [4.69, 9.17) is 0 Å². The molecule has 0 aliphatic carbocycles. The summed E-state index contributed by atoms with van der Waals surface area (Å²) in [5, 5.41) is 9.24. The van der Waals surface area contributed by atoms with Crippen LogP contribution in [0.15, 0.2) is 0 Å². The summed E-state index contributed by atoms with van der Waals surface area (Å²) in [5.74, 6) is -1.99. The van der Waals surface area contributed by atoms with E-state index in [1.807, 2.05) is 0 Å². The number of hydrogen-bond donors (Lipinski definition) is 2. The van der Waals surface area contributed by atoms with Crippen LogP contribution in [0.1, 0.15) is 39.5 Å². The quantitative estimate of drug-likeness (QED) is 0.638. The van der Waals surface area contributed by atoms with E-state index in [9.17, 15) is 27.9 Å². The molecular formula is C15H25N3O6S. The van der Waals surface area contributed by atoms with Crippen LogP contribution in [0.3, 0.4) is 0 Å². The summed E-state index contributed by atoms with van der Waals surface area (Å²) in [5.41, 5.74) is 0. The first-order valence-corrected chi connectivity index (χ1v) is 10.2. The first kappa shape index (κ1) is 19.6. The molecule has 2 saturated heterocycles. The number of rotatable bonds is 6. The van der Waals surface area contributed by atoms with Crippen LogP contribution in [0.5, 0.6) is 0 Å². The minimum Gasteiger partial charge on any atom is -0.480 e. The highest BCUT2D eigenvalue weighted by Gasteiger charge is 2.43. The lowest BCUT2D eigenvalue weighted by Gasteiger charge is -2.31. The van der Waals surface area contributed by atoms with Crippen molar-refractivity contribution in [3.05, 3.63) is 0 Å². The van der Waals surface area contributed by atoms with Crippen LogP contribution in [0.25, 0.3) is 0 Å². The molecule has 2 amide bonds. The van der Waals surface area contributed by atoms with Crippen LogP contribution in [-0.2, 0) is 24.4 Å². The molecule has 0 aromatic carbocycles. The van der Waals surface area contributed by atoms with Gasteiger partial charge in [0.05, 0.1) is 11.8 Å². The third kappa shape index (κ3) is 4.30. The van der Waals surface area contributed by atoms with E-state index in [-0.39, 0.29) is 11.7 Å². The zero-order chi connectivity index (χ0) is 18.8. The van der Waals surface area contributed by atoms with Crippen molar-refractivity contribution >= 4 is 27.8 Å². The molecule has 0 spiro atoms. The van der Waals surface area contributed by atoms with E-state index >= 15 is 0 Å². The normalized spacial score (nSPS) is 25.2. The summed E-state index contributed by atoms with van der Waals surface area (Å²) in [6.45, 7) is 3.65. The van der Waals surface area contributed by atoms with Crippen molar-refractivity contribution in [3.8, 4) is 0 Å². The van der Waals surface area contributed by atoms with Crippen molar-refractivity contribution in [1.82, 2.24) is 14.5 Å². The molecule has 3 atom stereocenters. The smallest absolute Gasteiger partial charge is 0.326 e. The third-order valence-electron chi connectivity index (χ3n) is 4.75. The van der Waals surface area contributed by atoms with Gasteiger partial charge in [-0.1, -0.05) is 0 Å². The highest BCUT2D eigenvalue weighted by atomic mass is 32.2. The number of sulfonamides is 1. The van der Waals surface area contributed by atoms with Gasteiger partial charge in [0.25, 0.3) is 0 Å². The maximum Gasteiger partial charge on any atom is 0.326 e. The molecule has 9 nitrogen and oxygen atoms in total. The molecule has 2 N–H and O–H groups in total. The second kappa shape index (κ2) is 7.69. The average molecular weight is 375 g/mol. The SMILES string of the molecule is CCS(=O)(=O)N[C@@H](C)C(=O)N1CCC[C@H]1C(=O)N1CCC[C@H]1C(=O)O. The highest BCUT2D eigenvalue weighted by molar-refractivity contribution is 7.89. The van der Waals surface area contributed by atoms with E-state index in [2.05, 4.69) is 4.72 Å². The van der Waals surface area contributed by atoms with E-state index in [0.717, 1.165) is 0 Å². The highest BCUT2D eigenvalue weighted by Crippen LogP contribution is 2.25. The molecule has 10 heteroatoms. The molecular weight excluding hydrogens is 350 g/mol. The molecule has 2 heterocycles. The molecule has 2 rings (SSSR count).